The molecule has 0 aliphatic carbocycles. The third-order valence-corrected chi connectivity index (χ3v) is 1.52. The van der Waals surface area contributed by atoms with Crippen LogP contribution in [0.5, 0.6) is 0 Å². The van der Waals surface area contributed by atoms with Crippen molar-refractivity contribution in [2.24, 2.45) is 0 Å². The van der Waals surface area contributed by atoms with Gasteiger partial charge in [-0.1, -0.05) is 18.2 Å². The van der Waals surface area contributed by atoms with Gasteiger partial charge in [-0.05, 0) is 6.07 Å². The second-order valence-electron chi connectivity index (χ2n) is 2.26. The van der Waals surface area contributed by atoms with E-state index in [0.717, 1.165) is 0 Å². The third kappa shape index (κ3) is 1.48. The lowest BCUT2D eigenvalue weighted by Gasteiger charge is -2.01. The zero-order chi connectivity index (χ0) is 8.97. The van der Waals surface area contributed by atoms with Crippen molar-refractivity contribution < 1.29 is 9.18 Å². The summed E-state index contributed by atoms with van der Waals surface area (Å²) < 4.78 is 12.9. The molecule has 2 nitrogen and oxygen atoms in total. The van der Waals surface area contributed by atoms with Crippen LogP contribution in [0.4, 0.5) is 4.39 Å². The van der Waals surface area contributed by atoms with Gasteiger partial charge in [0.15, 0.2) is 0 Å². The molecule has 1 aromatic rings. The van der Waals surface area contributed by atoms with Gasteiger partial charge in [0.2, 0.25) is 0 Å². The van der Waals surface area contributed by atoms with Crippen LogP contribution in [0, 0.1) is 17.1 Å². The highest BCUT2D eigenvalue weighted by Gasteiger charge is 2.12. The number of aldehydes is 1. The molecular formula is C9H6FNO. The van der Waals surface area contributed by atoms with Gasteiger partial charge in [-0.3, -0.25) is 0 Å². The Morgan fingerprint density at radius 3 is 2.67 bits per heavy atom. The van der Waals surface area contributed by atoms with Crippen LogP contribution in [0.25, 0.3) is 0 Å². The predicted molar refractivity (Wildman–Crippen MR) is 40.8 cm³/mol. The van der Waals surface area contributed by atoms with E-state index in [-0.39, 0.29) is 5.56 Å². The largest absolute Gasteiger partial charge is 0.302 e. The fourth-order valence-electron chi connectivity index (χ4n) is 0.901. The van der Waals surface area contributed by atoms with Gasteiger partial charge >= 0.3 is 0 Å². The van der Waals surface area contributed by atoms with Gasteiger partial charge in [0.25, 0.3) is 0 Å². The maximum Gasteiger partial charge on any atom is 0.141 e. The molecule has 0 aromatic heterocycles. The number of nitriles is 1. The van der Waals surface area contributed by atoms with Crippen LogP contribution in [-0.4, -0.2) is 6.29 Å². The molecule has 12 heavy (non-hydrogen) atoms. The van der Waals surface area contributed by atoms with E-state index >= 15 is 0 Å². The molecule has 0 N–H and O–H groups in total. The molecule has 1 rings (SSSR count). The van der Waals surface area contributed by atoms with E-state index in [2.05, 4.69) is 0 Å². The van der Waals surface area contributed by atoms with Gasteiger partial charge in [0.1, 0.15) is 18.0 Å². The summed E-state index contributed by atoms with van der Waals surface area (Å²) in [7, 11) is 0. The average molecular weight is 163 g/mol. The Balaban J connectivity index is 3.10. The Hall–Kier alpha value is -1.69. The van der Waals surface area contributed by atoms with Crippen LogP contribution in [0.2, 0.25) is 0 Å². The quantitative estimate of drug-likeness (QED) is 0.622. The molecule has 0 unspecified atom stereocenters. The van der Waals surface area contributed by atoms with Crippen molar-refractivity contribution in [1.82, 2.24) is 0 Å². The summed E-state index contributed by atoms with van der Waals surface area (Å²) in [6.07, 6.45) is 0.429. The Morgan fingerprint density at radius 2 is 2.17 bits per heavy atom. The third-order valence-electron chi connectivity index (χ3n) is 1.52. The number of nitrogens with zero attached hydrogens (tertiary/aromatic N) is 1. The van der Waals surface area contributed by atoms with Gasteiger partial charge in [0, 0.05) is 5.56 Å². The molecule has 1 aromatic carbocycles. The van der Waals surface area contributed by atoms with Gasteiger partial charge < -0.3 is 4.79 Å². The number of benzene rings is 1. The summed E-state index contributed by atoms with van der Waals surface area (Å²) in [5.41, 5.74) is 0.134. The van der Waals surface area contributed by atoms with Gasteiger partial charge in [-0.25, -0.2) is 4.39 Å². The van der Waals surface area contributed by atoms with Crippen LogP contribution in [-0.2, 0) is 4.79 Å². The molecule has 60 valence electrons. The fourth-order valence-corrected chi connectivity index (χ4v) is 0.901. The lowest BCUT2D eigenvalue weighted by molar-refractivity contribution is -0.108. The van der Waals surface area contributed by atoms with E-state index in [1.54, 1.807) is 12.1 Å². The molecule has 0 spiro atoms. The highest BCUT2D eigenvalue weighted by atomic mass is 19.1. The van der Waals surface area contributed by atoms with Crippen molar-refractivity contribution in [3.8, 4) is 6.07 Å². The van der Waals surface area contributed by atoms with Crippen molar-refractivity contribution >= 4 is 6.29 Å². The molecule has 0 aliphatic rings. The van der Waals surface area contributed by atoms with Crippen molar-refractivity contribution in [1.29, 1.82) is 5.26 Å². The van der Waals surface area contributed by atoms with Crippen LogP contribution < -0.4 is 0 Å². The second kappa shape index (κ2) is 3.63. The molecule has 0 bridgehead atoms. The topological polar surface area (TPSA) is 40.9 Å². The summed E-state index contributed by atoms with van der Waals surface area (Å²) in [4.78, 5) is 10.3. The first-order valence-corrected chi connectivity index (χ1v) is 3.39. The average Bonchev–Trinajstić information content (AvgIpc) is 2.10. The number of hydrogen-bond acceptors (Lipinski definition) is 2. The fraction of sp³-hybridized carbons (Fsp3) is 0.111. The standard InChI is InChI=1S/C9H6FNO/c10-9-4-2-1-3-8(9)7(5-11)6-12/h1-4,6-7H/t7-/m0/s1. The monoisotopic (exact) mass is 163 g/mol. The SMILES string of the molecule is N#C[C@@H](C=O)c1ccccc1F. The molecule has 0 aliphatic heterocycles. The van der Waals surface area contributed by atoms with Crippen LogP contribution in [0.1, 0.15) is 11.5 Å². The van der Waals surface area contributed by atoms with E-state index in [1.165, 1.54) is 18.2 Å². The molecule has 3 heteroatoms. The molecule has 0 heterocycles. The number of carbonyl (C=O) groups excluding carboxylic acids is 1. The highest BCUT2D eigenvalue weighted by molar-refractivity contribution is 5.66. The smallest absolute Gasteiger partial charge is 0.141 e. The summed E-state index contributed by atoms with van der Waals surface area (Å²) in [5, 5.41) is 8.46. The zero-order valence-corrected chi connectivity index (χ0v) is 6.20. The number of halogens is 1. The Bertz CT molecular complexity index is 330. The Kier molecular flexibility index (Phi) is 2.54. The molecular weight excluding hydrogens is 157 g/mol. The van der Waals surface area contributed by atoms with Gasteiger partial charge in [-0.2, -0.15) is 5.26 Å². The zero-order valence-electron chi connectivity index (χ0n) is 6.20. The molecule has 1 atom stereocenters. The van der Waals surface area contributed by atoms with E-state index in [0.29, 0.717) is 6.29 Å². The van der Waals surface area contributed by atoms with Crippen molar-refractivity contribution in [3.63, 3.8) is 0 Å². The van der Waals surface area contributed by atoms with Crippen LogP contribution in [0.15, 0.2) is 24.3 Å². The van der Waals surface area contributed by atoms with E-state index in [1.807, 2.05) is 0 Å². The Labute approximate surface area is 69.2 Å². The van der Waals surface area contributed by atoms with Crippen LogP contribution >= 0.6 is 0 Å². The molecule has 0 radical (unpaired) electrons. The normalized spacial score (nSPS) is 11.7. The summed E-state index contributed by atoms with van der Waals surface area (Å²) in [6, 6.07) is 7.46. The van der Waals surface area contributed by atoms with E-state index < -0.39 is 11.7 Å². The van der Waals surface area contributed by atoms with Crippen molar-refractivity contribution in [2.75, 3.05) is 0 Å². The first-order chi connectivity index (χ1) is 5.79. The molecule has 0 saturated carbocycles. The van der Waals surface area contributed by atoms with Crippen LogP contribution in [0.3, 0.4) is 0 Å². The maximum absolute atomic E-state index is 12.9. The molecule has 0 amide bonds. The second-order valence-corrected chi connectivity index (χ2v) is 2.26. The maximum atomic E-state index is 12.9. The van der Waals surface area contributed by atoms with E-state index in [4.69, 9.17) is 5.26 Å². The molecule has 0 fully saturated rings. The number of rotatable bonds is 2. The van der Waals surface area contributed by atoms with Crippen molar-refractivity contribution in [3.05, 3.63) is 35.6 Å². The summed E-state index contributed by atoms with van der Waals surface area (Å²) >= 11 is 0. The minimum Gasteiger partial charge on any atom is -0.302 e. The summed E-state index contributed by atoms with van der Waals surface area (Å²) in [5.74, 6) is -1.51. The Morgan fingerprint density at radius 1 is 1.50 bits per heavy atom. The predicted octanol–water partition coefficient (Wildman–Crippen LogP) is 1.63. The van der Waals surface area contributed by atoms with E-state index in [9.17, 15) is 9.18 Å². The van der Waals surface area contributed by atoms with Gasteiger partial charge in [-0.15, -0.1) is 0 Å². The first kappa shape index (κ1) is 8.41. The lowest BCUT2D eigenvalue weighted by Crippen LogP contribution is -1.99. The lowest BCUT2D eigenvalue weighted by atomic mass is 10.0. The number of carbonyl (C=O) groups is 1. The molecule has 0 saturated heterocycles. The van der Waals surface area contributed by atoms with Gasteiger partial charge in [0.05, 0.1) is 6.07 Å². The first-order valence-electron chi connectivity index (χ1n) is 3.39. The highest BCUT2D eigenvalue weighted by Crippen LogP contribution is 2.15. The minimum absolute atomic E-state index is 0.134. The minimum atomic E-state index is -0.994. The number of hydrogen-bond donors (Lipinski definition) is 0. The van der Waals surface area contributed by atoms with Crippen molar-refractivity contribution in [2.45, 2.75) is 5.92 Å². The summed E-state index contributed by atoms with van der Waals surface area (Å²) in [6.45, 7) is 0.